The van der Waals surface area contributed by atoms with E-state index >= 15 is 0 Å². The summed E-state index contributed by atoms with van der Waals surface area (Å²) in [6.07, 6.45) is 5.31. The van der Waals surface area contributed by atoms with E-state index in [0.29, 0.717) is 37.7 Å². The normalized spacial score (nSPS) is 28.4. The average Bonchev–Trinajstić information content (AvgIpc) is 3.44. The fourth-order valence-corrected chi connectivity index (χ4v) is 6.88. The first-order chi connectivity index (χ1) is 14.2. The largest absolute Gasteiger partial charge is 0.337 e. The number of carbonyl (C=O) groups excluding carboxylic acids is 1. The first kappa shape index (κ1) is 20.4. The Hall–Kier alpha value is -1.49. The molecule has 1 spiro atoms. The Morgan fingerprint density at radius 3 is 2.43 bits per heavy atom. The van der Waals surface area contributed by atoms with E-state index in [-0.39, 0.29) is 22.6 Å². The minimum atomic E-state index is -3.62. The smallest absolute Gasteiger partial charge is 0.262 e. The number of piperazine rings is 1. The highest BCUT2D eigenvalue weighted by Crippen LogP contribution is 2.44. The van der Waals surface area contributed by atoms with Crippen molar-refractivity contribution in [3.05, 3.63) is 12.0 Å². The average molecular weight is 437 g/mol. The van der Waals surface area contributed by atoms with Gasteiger partial charge in [0, 0.05) is 52.5 Å². The Morgan fingerprint density at radius 1 is 1.13 bits per heavy atom. The van der Waals surface area contributed by atoms with Crippen LogP contribution in [-0.4, -0.2) is 101 Å². The molecule has 30 heavy (non-hydrogen) atoms. The van der Waals surface area contributed by atoms with Crippen LogP contribution < -0.4 is 0 Å². The molecule has 1 atom stereocenters. The maximum atomic E-state index is 13.4. The summed E-state index contributed by atoms with van der Waals surface area (Å²) in [6.45, 7) is 6.03. The summed E-state index contributed by atoms with van der Waals surface area (Å²) in [4.78, 5) is 24.4. The zero-order valence-electron chi connectivity index (χ0n) is 18.1. The number of piperidine rings is 1. The molecule has 4 heterocycles. The summed E-state index contributed by atoms with van der Waals surface area (Å²) in [5, 5.41) is 0.119. The van der Waals surface area contributed by atoms with Gasteiger partial charge in [0.1, 0.15) is 11.9 Å². The highest BCUT2D eigenvalue weighted by Gasteiger charge is 2.59. The predicted octanol–water partition coefficient (Wildman–Crippen LogP) is 0.0775. The summed E-state index contributed by atoms with van der Waals surface area (Å²) >= 11 is 0. The van der Waals surface area contributed by atoms with Crippen molar-refractivity contribution in [2.24, 2.45) is 13.0 Å². The van der Waals surface area contributed by atoms with Crippen molar-refractivity contribution in [1.29, 1.82) is 0 Å². The highest BCUT2D eigenvalue weighted by molar-refractivity contribution is 7.89. The van der Waals surface area contributed by atoms with Gasteiger partial charge in [0.25, 0.3) is 10.0 Å². The third-order valence-corrected chi connectivity index (χ3v) is 9.29. The van der Waals surface area contributed by atoms with Gasteiger partial charge < -0.3 is 14.4 Å². The topological polar surface area (TPSA) is 82.0 Å². The number of aryl methyl sites for hydroxylation is 2. The Bertz CT molecular complexity index is 928. The quantitative estimate of drug-likeness (QED) is 0.665. The van der Waals surface area contributed by atoms with Gasteiger partial charge in [-0.25, -0.2) is 13.4 Å². The fourth-order valence-electron chi connectivity index (χ4n) is 5.41. The van der Waals surface area contributed by atoms with E-state index in [1.807, 2.05) is 0 Å². The van der Waals surface area contributed by atoms with Crippen LogP contribution >= 0.6 is 0 Å². The molecule has 1 aromatic heterocycles. The molecule has 5 rings (SSSR count). The molecule has 0 unspecified atom stereocenters. The molecule has 0 radical (unpaired) electrons. The first-order valence-electron chi connectivity index (χ1n) is 11.0. The van der Waals surface area contributed by atoms with Gasteiger partial charge in [-0.15, -0.1) is 0 Å². The number of aromatic nitrogens is 2. The molecular formula is C20H32N6O3S. The number of likely N-dealkylation sites (N-methyl/N-ethyl adjacent to an activating group) is 1. The Labute approximate surface area is 178 Å². The number of rotatable bonds is 4. The van der Waals surface area contributed by atoms with Crippen molar-refractivity contribution in [2.45, 2.75) is 49.3 Å². The molecule has 3 aliphatic heterocycles. The minimum Gasteiger partial charge on any atom is -0.337 e. The molecule has 4 fully saturated rings. The van der Waals surface area contributed by atoms with Gasteiger partial charge in [-0.1, -0.05) is 0 Å². The van der Waals surface area contributed by atoms with Crippen molar-refractivity contribution in [3.8, 4) is 0 Å². The van der Waals surface area contributed by atoms with Crippen LogP contribution in [0.15, 0.2) is 11.2 Å². The van der Waals surface area contributed by atoms with Gasteiger partial charge in [-0.05, 0) is 45.6 Å². The van der Waals surface area contributed by atoms with Crippen LogP contribution in [-0.2, 0) is 21.9 Å². The minimum absolute atomic E-state index is 0.0934. The van der Waals surface area contributed by atoms with Crippen LogP contribution in [0.2, 0.25) is 0 Å². The standard InChI is InChI=1S/C20H32N6O3S/c1-15-21-18(14-23(15)3)30(28,29)24-8-6-20(7-9-24)25-11-10-22(2)13-17(25)19(27)26(20)12-16-4-5-16/h14,16-17H,4-13H2,1-3H3/t17-/m1/s1. The molecule has 9 nitrogen and oxygen atoms in total. The van der Waals surface area contributed by atoms with E-state index in [2.05, 4.69) is 26.7 Å². The van der Waals surface area contributed by atoms with E-state index in [0.717, 1.165) is 26.2 Å². The maximum Gasteiger partial charge on any atom is 0.262 e. The summed E-state index contributed by atoms with van der Waals surface area (Å²) in [5.74, 6) is 1.53. The van der Waals surface area contributed by atoms with Gasteiger partial charge in [0.05, 0.1) is 5.66 Å². The van der Waals surface area contributed by atoms with Crippen LogP contribution in [0.1, 0.15) is 31.5 Å². The number of imidazole rings is 1. The molecule has 1 aliphatic carbocycles. The number of carbonyl (C=O) groups is 1. The molecule has 1 amide bonds. The lowest BCUT2D eigenvalue weighted by atomic mass is 9.94. The van der Waals surface area contributed by atoms with Gasteiger partial charge >= 0.3 is 0 Å². The lowest BCUT2D eigenvalue weighted by Gasteiger charge is -2.50. The van der Waals surface area contributed by atoms with E-state index in [1.54, 1.807) is 29.0 Å². The molecule has 0 aromatic carbocycles. The summed E-state index contributed by atoms with van der Waals surface area (Å²) in [5.41, 5.74) is -0.336. The molecule has 1 saturated carbocycles. The molecular weight excluding hydrogens is 404 g/mol. The number of sulfonamides is 1. The van der Waals surface area contributed by atoms with Crippen LogP contribution in [0.25, 0.3) is 0 Å². The van der Waals surface area contributed by atoms with E-state index in [9.17, 15) is 13.2 Å². The van der Waals surface area contributed by atoms with Crippen molar-refractivity contribution >= 4 is 15.9 Å². The van der Waals surface area contributed by atoms with Gasteiger partial charge in [0.2, 0.25) is 5.91 Å². The Morgan fingerprint density at radius 2 is 1.83 bits per heavy atom. The predicted molar refractivity (Wildman–Crippen MR) is 111 cm³/mol. The molecule has 166 valence electrons. The number of hydrogen-bond donors (Lipinski definition) is 0. The summed E-state index contributed by atoms with van der Waals surface area (Å²) in [6, 6.07) is -0.0934. The second-order valence-corrected chi connectivity index (χ2v) is 11.4. The van der Waals surface area contributed by atoms with Crippen molar-refractivity contribution < 1.29 is 13.2 Å². The molecule has 1 aromatic rings. The molecule has 0 N–H and O–H groups in total. The number of nitrogens with zero attached hydrogens (tertiary/aromatic N) is 6. The zero-order valence-corrected chi connectivity index (χ0v) is 18.9. The zero-order chi connectivity index (χ0) is 21.3. The van der Waals surface area contributed by atoms with E-state index < -0.39 is 10.0 Å². The lowest BCUT2D eigenvalue weighted by Crippen LogP contribution is -2.63. The van der Waals surface area contributed by atoms with Crippen LogP contribution in [0.5, 0.6) is 0 Å². The molecule has 10 heteroatoms. The molecule has 0 bridgehead atoms. The van der Waals surface area contributed by atoms with Crippen LogP contribution in [0.4, 0.5) is 0 Å². The van der Waals surface area contributed by atoms with Crippen molar-refractivity contribution in [2.75, 3.05) is 46.3 Å². The lowest BCUT2D eigenvalue weighted by molar-refractivity contribution is -0.134. The third kappa shape index (κ3) is 3.11. The second-order valence-electron chi connectivity index (χ2n) is 9.49. The van der Waals surface area contributed by atoms with Crippen molar-refractivity contribution in [1.82, 2.24) is 28.6 Å². The van der Waals surface area contributed by atoms with E-state index in [4.69, 9.17) is 0 Å². The summed E-state index contributed by atoms with van der Waals surface area (Å²) in [7, 11) is 0.261. The number of amides is 1. The number of fused-ring (bicyclic) bond motifs is 2. The summed E-state index contributed by atoms with van der Waals surface area (Å²) < 4.78 is 29.6. The molecule has 3 saturated heterocycles. The van der Waals surface area contributed by atoms with Gasteiger partial charge in [-0.3, -0.25) is 9.69 Å². The van der Waals surface area contributed by atoms with Crippen molar-refractivity contribution in [3.63, 3.8) is 0 Å². The Kier molecular flexibility index (Phi) is 4.77. The number of hydrogen-bond acceptors (Lipinski definition) is 6. The highest BCUT2D eigenvalue weighted by atomic mass is 32.2. The van der Waals surface area contributed by atoms with Crippen LogP contribution in [0, 0.1) is 12.8 Å². The second kappa shape index (κ2) is 7.01. The fraction of sp³-hybridized carbons (Fsp3) is 0.800. The monoisotopic (exact) mass is 436 g/mol. The first-order valence-corrected chi connectivity index (χ1v) is 12.4. The van der Waals surface area contributed by atoms with E-state index in [1.165, 1.54) is 12.8 Å². The Balaban J connectivity index is 1.40. The third-order valence-electron chi connectivity index (χ3n) is 7.52. The van der Waals surface area contributed by atoms with Crippen LogP contribution in [0.3, 0.4) is 0 Å². The SMILES string of the molecule is Cc1nc(S(=O)(=O)N2CCC3(CC2)N(CC2CC2)C(=O)[C@H]2CN(C)CCN23)cn1C. The van der Waals surface area contributed by atoms with Gasteiger partial charge in [-0.2, -0.15) is 4.31 Å². The van der Waals surface area contributed by atoms with Gasteiger partial charge in [0.15, 0.2) is 5.03 Å². The molecule has 4 aliphatic rings. The maximum absolute atomic E-state index is 13.4.